The predicted octanol–water partition coefficient (Wildman–Crippen LogP) is 3.82. The number of thioether (sulfide) groups is 1. The minimum Gasteiger partial charge on any atom is -0.326 e. The van der Waals surface area contributed by atoms with Crippen LogP contribution < -0.4 is 10.6 Å². The number of carbonyl (C=O) groups is 2. The highest BCUT2D eigenvalue weighted by Crippen LogP contribution is 2.31. The molecule has 5 nitrogen and oxygen atoms in total. The molecule has 1 saturated heterocycles. The molecule has 0 saturated carbocycles. The smallest absolute Gasteiger partial charge is 0.326 e. The Hall–Kier alpha value is -2.81. The number of rotatable bonds is 5. The molecule has 0 bridgehead atoms. The van der Waals surface area contributed by atoms with Crippen molar-refractivity contribution in [3.8, 4) is 0 Å². The second-order valence-electron chi connectivity index (χ2n) is 6.03. The maximum Gasteiger partial charge on any atom is 0.416 e. The quantitative estimate of drug-likeness (QED) is 0.792. The highest BCUT2D eigenvalue weighted by molar-refractivity contribution is 8.15. The summed E-state index contributed by atoms with van der Waals surface area (Å²) in [5.41, 5.74) is 0.158. The van der Waals surface area contributed by atoms with Gasteiger partial charge in [0.15, 0.2) is 5.17 Å². The molecule has 1 atom stereocenters. The van der Waals surface area contributed by atoms with Crippen LogP contribution in [0.4, 0.5) is 18.9 Å². The van der Waals surface area contributed by atoms with Gasteiger partial charge in [-0.3, -0.25) is 14.6 Å². The van der Waals surface area contributed by atoms with Gasteiger partial charge in [0, 0.05) is 12.1 Å². The topological polar surface area (TPSA) is 70.6 Å². The van der Waals surface area contributed by atoms with Crippen molar-refractivity contribution in [3.63, 3.8) is 0 Å². The third-order valence-corrected chi connectivity index (χ3v) is 4.99. The van der Waals surface area contributed by atoms with Crippen molar-refractivity contribution in [3.05, 3.63) is 65.7 Å². The van der Waals surface area contributed by atoms with Crippen LogP contribution in [0, 0.1) is 0 Å². The highest BCUT2D eigenvalue weighted by Gasteiger charge is 2.33. The molecule has 0 aliphatic carbocycles. The van der Waals surface area contributed by atoms with Gasteiger partial charge >= 0.3 is 6.18 Å². The molecule has 1 heterocycles. The Balaban J connectivity index is 1.56. The van der Waals surface area contributed by atoms with E-state index in [0.717, 1.165) is 29.5 Å². The summed E-state index contributed by atoms with van der Waals surface area (Å²) in [5.74, 6) is -0.896. The molecule has 9 heteroatoms. The van der Waals surface area contributed by atoms with E-state index in [9.17, 15) is 22.8 Å². The molecule has 1 aliphatic rings. The van der Waals surface area contributed by atoms with Gasteiger partial charge in [-0.2, -0.15) is 13.2 Å². The first kappa shape index (κ1) is 19.9. The van der Waals surface area contributed by atoms with Gasteiger partial charge in [0.1, 0.15) is 5.25 Å². The number of hydrogen-bond acceptors (Lipinski definition) is 4. The zero-order valence-corrected chi connectivity index (χ0v) is 15.3. The van der Waals surface area contributed by atoms with Crippen LogP contribution in [0.3, 0.4) is 0 Å². The summed E-state index contributed by atoms with van der Waals surface area (Å²) in [7, 11) is 0. The van der Waals surface area contributed by atoms with Gasteiger partial charge < -0.3 is 10.6 Å². The number of hydrogen-bond donors (Lipinski definition) is 2. The Bertz CT molecular complexity index is 901. The van der Waals surface area contributed by atoms with Crippen molar-refractivity contribution in [2.75, 3.05) is 5.32 Å². The number of benzene rings is 2. The molecule has 2 aromatic carbocycles. The van der Waals surface area contributed by atoms with E-state index in [-0.39, 0.29) is 18.0 Å². The average Bonchev–Trinajstić information content (AvgIpc) is 3.00. The van der Waals surface area contributed by atoms with Crippen molar-refractivity contribution in [2.45, 2.75) is 24.4 Å². The maximum absolute atomic E-state index is 12.7. The highest BCUT2D eigenvalue weighted by atomic mass is 32.2. The van der Waals surface area contributed by atoms with Crippen molar-refractivity contribution in [1.82, 2.24) is 5.32 Å². The van der Waals surface area contributed by atoms with Gasteiger partial charge in [-0.1, -0.05) is 48.2 Å². The Morgan fingerprint density at radius 1 is 1.14 bits per heavy atom. The molecule has 1 unspecified atom stereocenters. The summed E-state index contributed by atoms with van der Waals surface area (Å²) in [5, 5.41) is 4.76. The monoisotopic (exact) mass is 407 g/mol. The fourth-order valence-electron chi connectivity index (χ4n) is 2.51. The predicted molar refractivity (Wildman–Crippen MR) is 102 cm³/mol. The minimum atomic E-state index is -4.49. The number of anilines is 1. The van der Waals surface area contributed by atoms with Crippen molar-refractivity contribution in [2.24, 2.45) is 4.99 Å². The lowest BCUT2D eigenvalue weighted by atomic mass is 10.2. The molecule has 3 rings (SSSR count). The van der Waals surface area contributed by atoms with Crippen LogP contribution >= 0.6 is 11.8 Å². The molecule has 2 amide bonds. The van der Waals surface area contributed by atoms with E-state index in [2.05, 4.69) is 15.6 Å². The number of halogens is 3. The Morgan fingerprint density at radius 3 is 2.61 bits per heavy atom. The van der Waals surface area contributed by atoms with Gasteiger partial charge in [-0.15, -0.1) is 0 Å². The molecular weight excluding hydrogens is 391 g/mol. The number of carbonyl (C=O) groups excluding carboxylic acids is 2. The van der Waals surface area contributed by atoms with Crippen molar-refractivity contribution in [1.29, 1.82) is 0 Å². The van der Waals surface area contributed by atoms with Gasteiger partial charge in [0.25, 0.3) is 0 Å². The maximum atomic E-state index is 12.7. The fraction of sp³-hybridized carbons (Fsp3) is 0.211. The summed E-state index contributed by atoms with van der Waals surface area (Å²) >= 11 is 1.13. The first-order valence-corrected chi connectivity index (χ1v) is 9.22. The molecule has 0 radical (unpaired) electrons. The third kappa shape index (κ3) is 5.35. The lowest BCUT2D eigenvalue weighted by Gasteiger charge is -2.10. The molecule has 1 aliphatic heterocycles. The number of alkyl halides is 3. The van der Waals surface area contributed by atoms with Crippen LogP contribution in [0.25, 0.3) is 0 Å². The number of nitrogens with zero attached hydrogens (tertiary/aromatic N) is 1. The summed E-state index contributed by atoms with van der Waals surface area (Å²) in [6.07, 6.45) is -4.66. The molecule has 0 aromatic heterocycles. The van der Waals surface area contributed by atoms with Crippen LogP contribution in [-0.4, -0.2) is 22.2 Å². The molecule has 1 fully saturated rings. The lowest BCUT2D eigenvalue weighted by Crippen LogP contribution is -2.28. The molecule has 2 aromatic rings. The van der Waals surface area contributed by atoms with E-state index in [1.165, 1.54) is 12.1 Å². The number of amides is 2. The van der Waals surface area contributed by atoms with Crippen LogP contribution in [0.1, 0.15) is 17.5 Å². The molecule has 28 heavy (non-hydrogen) atoms. The van der Waals surface area contributed by atoms with Gasteiger partial charge in [-0.25, -0.2) is 0 Å². The normalized spacial score (nSPS) is 18.2. The summed E-state index contributed by atoms with van der Waals surface area (Å²) in [6.45, 7) is 0.395. The summed E-state index contributed by atoms with van der Waals surface area (Å²) in [6, 6.07) is 13.8. The summed E-state index contributed by atoms with van der Waals surface area (Å²) < 4.78 is 38.2. The Labute approximate surface area is 163 Å². The lowest BCUT2D eigenvalue weighted by molar-refractivity contribution is -0.137. The van der Waals surface area contributed by atoms with E-state index in [1.807, 2.05) is 30.3 Å². The van der Waals surface area contributed by atoms with Gasteiger partial charge in [0.05, 0.1) is 12.1 Å². The Kier molecular flexibility index (Phi) is 6.03. The van der Waals surface area contributed by atoms with E-state index in [1.54, 1.807) is 0 Å². The standard InChI is InChI=1S/C19H16F3N3O2S/c20-19(21,22)13-7-4-8-14(9-13)24-16(26)10-15-17(27)25-18(28-15)23-11-12-5-2-1-3-6-12/h1-9,15H,10-11H2,(H,24,26)(H,23,25,27). The van der Waals surface area contributed by atoms with Crippen LogP contribution in [0.5, 0.6) is 0 Å². The van der Waals surface area contributed by atoms with Crippen LogP contribution in [-0.2, 0) is 22.3 Å². The van der Waals surface area contributed by atoms with Crippen molar-refractivity contribution < 1.29 is 22.8 Å². The second-order valence-corrected chi connectivity index (χ2v) is 7.23. The molecular formula is C19H16F3N3O2S. The Morgan fingerprint density at radius 2 is 1.89 bits per heavy atom. The molecule has 0 spiro atoms. The molecule has 146 valence electrons. The van der Waals surface area contributed by atoms with Gasteiger partial charge in [-0.05, 0) is 23.8 Å². The second kappa shape index (κ2) is 8.47. The molecule has 2 N–H and O–H groups in total. The van der Waals surface area contributed by atoms with E-state index in [0.29, 0.717) is 11.7 Å². The zero-order valence-electron chi connectivity index (χ0n) is 14.5. The van der Waals surface area contributed by atoms with Crippen molar-refractivity contribution >= 4 is 34.4 Å². The first-order valence-electron chi connectivity index (χ1n) is 8.34. The minimum absolute atomic E-state index is 0.0289. The fourth-order valence-corrected chi connectivity index (χ4v) is 3.48. The third-order valence-electron chi connectivity index (χ3n) is 3.87. The summed E-state index contributed by atoms with van der Waals surface area (Å²) in [4.78, 5) is 28.5. The zero-order chi connectivity index (χ0) is 20.1. The average molecular weight is 407 g/mol. The van der Waals surface area contributed by atoms with Crippen LogP contribution in [0.2, 0.25) is 0 Å². The first-order chi connectivity index (χ1) is 13.3. The number of nitrogens with one attached hydrogen (secondary N) is 2. The SMILES string of the molecule is O=C(CC1SC(=NCc2ccccc2)NC1=O)Nc1cccc(C(F)(F)F)c1. The van der Waals surface area contributed by atoms with E-state index >= 15 is 0 Å². The largest absolute Gasteiger partial charge is 0.416 e. The van der Waals surface area contributed by atoms with E-state index < -0.39 is 22.9 Å². The van der Waals surface area contributed by atoms with Gasteiger partial charge in [0.2, 0.25) is 11.8 Å². The van der Waals surface area contributed by atoms with Crippen LogP contribution in [0.15, 0.2) is 59.6 Å². The number of amidine groups is 1. The number of aliphatic imine (C=N–C) groups is 1. The van der Waals surface area contributed by atoms with E-state index in [4.69, 9.17) is 0 Å².